The second-order valence-corrected chi connectivity index (χ2v) is 2.30. The van der Waals surface area contributed by atoms with E-state index in [2.05, 4.69) is 0 Å². The first-order valence-electron chi connectivity index (χ1n) is 2.84. The molecule has 0 bridgehead atoms. The van der Waals surface area contributed by atoms with Gasteiger partial charge in [-0.1, -0.05) is 12.1 Å². The van der Waals surface area contributed by atoms with Crippen molar-refractivity contribution in [2.75, 3.05) is 0 Å². The molecule has 0 fully saturated rings. The monoisotopic (exact) mass is 270 g/mol. The quantitative estimate of drug-likeness (QED) is 0.452. The number of benzene rings is 1. The molecule has 12 heavy (non-hydrogen) atoms. The van der Waals surface area contributed by atoms with Crippen molar-refractivity contribution in [3.05, 3.63) is 29.8 Å². The summed E-state index contributed by atoms with van der Waals surface area (Å²) in [6.45, 7) is 0. The molecule has 0 heterocycles. The molecule has 3 nitrogen and oxygen atoms in total. The first-order valence-corrected chi connectivity index (χ1v) is 3.72. The van der Waals surface area contributed by atoms with Crippen molar-refractivity contribution < 1.29 is 31.8 Å². The van der Waals surface area contributed by atoms with Crippen LogP contribution in [-0.2, 0) is 0 Å². The van der Waals surface area contributed by atoms with Gasteiger partial charge in [0, 0.05) is 5.56 Å². The summed E-state index contributed by atoms with van der Waals surface area (Å²) in [5, 5.41) is 10.4. The van der Waals surface area contributed by atoms with E-state index in [-0.39, 0.29) is 24.4 Å². The van der Waals surface area contributed by atoms with Crippen molar-refractivity contribution in [2.45, 2.75) is 0 Å². The van der Waals surface area contributed by atoms with Crippen molar-refractivity contribution in [3.8, 4) is 5.75 Å². The summed E-state index contributed by atoms with van der Waals surface area (Å²) in [7, 11) is 0. The Balaban J connectivity index is 0.00000121. The smallest absolute Gasteiger partial charge is 0.545 e. The van der Waals surface area contributed by atoms with E-state index in [1.165, 1.54) is 6.07 Å². The largest absolute Gasteiger partial charge is 1.00 e. The number of carboxylic acids is 1. The summed E-state index contributed by atoms with van der Waals surface area (Å²) < 4.78 is 4.76. The first-order chi connectivity index (χ1) is 5.25. The van der Waals surface area contributed by atoms with Crippen LogP contribution in [0.4, 0.5) is 0 Å². The summed E-state index contributed by atoms with van der Waals surface area (Å²) in [4.78, 5) is 10.4. The fourth-order valence-corrected chi connectivity index (χ4v) is 1.09. The topological polar surface area (TPSA) is 49.4 Å². The number of carboxylic acid groups (broad SMARTS) is 1. The Kier molecular flexibility index (Phi) is 5.38. The van der Waals surface area contributed by atoms with Gasteiger partial charge >= 0.3 is 18.9 Å². The van der Waals surface area contributed by atoms with Crippen molar-refractivity contribution in [1.82, 2.24) is 0 Å². The SMILES string of the molecule is O=C([O-])c1ccccc1OI.[Li+]. The second kappa shape index (κ2) is 5.46. The van der Waals surface area contributed by atoms with Gasteiger partial charge in [0.05, 0.1) is 5.97 Å². The molecular weight excluding hydrogens is 266 g/mol. The number of hydrogen-bond acceptors (Lipinski definition) is 3. The molecule has 58 valence electrons. The van der Waals surface area contributed by atoms with Gasteiger partial charge in [-0.25, -0.2) is 0 Å². The third-order valence-corrected chi connectivity index (χ3v) is 1.66. The van der Waals surface area contributed by atoms with Crippen LogP contribution < -0.4 is 27.0 Å². The molecule has 0 saturated heterocycles. The van der Waals surface area contributed by atoms with E-state index in [0.717, 1.165) is 0 Å². The molecule has 0 radical (unpaired) electrons. The minimum absolute atomic E-state index is 0. The molecule has 0 N–H and O–H groups in total. The molecule has 0 unspecified atom stereocenters. The zero-order valence-electron chi connectivity index (χ0n) is 6.41. The van der Waals surface area contributed by atoms with Crippen LogP contribution in [0, 0.1) is 0 Å². The van der Waals surface area contributed by atoms with E-state index in [1.54, 1.807) is 41.2 Å². The van der Waals surface area contributed by atoms with E-state index in [4.69, 9.17) is 3.07 Å². The molecule has 0 spiro atoms. The molecule has 0 aromatic heterocycles. The van der Waals surface area contributed by atoms with Crippen LogP contribution in [0.3, 0.4) is 0 Å². The Morgan fingerprint density at radius 3 is 2.42 bits per heavy atom. The number of carbonyl (C=O) groups excluding carboxylic acids is 1. The van der Waals surface area contributed by atoms with Gasteiger partial charge in [0.25, 0.3) is 0 Å². The average Bonchev–Trinajstić information content (AvgIpc) is 2.04. The summed E-state index contributed by atoms with van der Waals surface area (Å²) in [5.41, 5.74) is 0.0712. The fourth-order valence-electron chi connectivity index (χ4n) is 0.703. The third-order valence-electron chi connectivity index (χ3n) is 1.19. The zero-order valence-corrected chi connectivity index (χ0v) is 8.57. The number of carbonyl (C=O) groups is 1. The summed E-state index contributed by atoms with van der Waals surface area (Å²) in [6.07, 6.45) is 0. The van der Waals surface area contributed by atoms with Crippen LogP contribution in [0.1, 0.15) is 10.4 Å². The van der Waals surface area contributed by atoms with Crippen LogP contribution in [0.5, 0.6) is 5.75 Å². The Morgan fingerprint density at radius 2 is 2.00 bits per heavy atom. The van der Waals surface area contributed by atoms with E-state index in [0.29, 0.717) is 5.75 Å². The number of aromatic carboxylic acids is 1. The van der Waals surface area contributed by atoms with E-state index in [9.17, 15) is 9.90 Å². The van der Waals surface area contributed by atoms with E-state index in [1.807, 2.05) is 0 Å². The molecule has 0 aliphatic heterocycles. The van der Waals surface area contributed by atoms with Crippen molar-refractivity contribution in [2.24, 2.45) is 0 Å². The summed E-state index contributed by atoms with van der Waals surface area (Å²) in [6, 6.07) is 6.31. The van der Waals surface area contributed by atoms with Gasteiger partial charge in [0.1, 0.15) is 5.75 Å². The average molecular weight is 270 g/mol. The van der Waals surface area contributed by atoms with Crippen LogP contribution in [0.15, 0.2) is 24.3 Å². The Morgan fingerprint density at radius 1 is 1.42 bits per heavy atom. The van der Waals surface area contributed by atoms with Gasteiger partial charge in [-0.05, 0) is 12.1 Å². The fraction of sp³-hybridized carbons (Fsp3) is 0. The van der Waals surface area contributed by atoms with Crippen LogP contribution >= 0.6 is 23.0 Å². The third kappa shape index (κ3) is 2.70. The maximum atomic E-state index is 10.4. The molecule has 0 aliphatic carbocycles. The molecule has 1 aromatic rings. The van der Waals surface area contributed by atoms with Gasteiger partial charge in [0.15, 0.2) is 23.0 Å². The van der Waals surface area contributed by atoms with E-state index < -0.39 is 5.97 Å². The van der Waals surface area contributed by atoms with Gasteiger partial charge in [0.2, 0.25) is 0 Å². The standard InChI is InChI=1S/C7H5IO3.Li/c8-11-6-4-2-1-3-5(6)7(9)10;/h1-4H,(H,9,10);/q;+1/p-1. The Hall–Kier alpha value is -0.183. The molecule has 1 rings (SSSR count). The van der Waals surface area contributed by atoms with E-state index >= 15 is 0 Å². The molecule has 0 aliphatic rings. The maximum absolute atomic E-state index is 10.4. The maximum Gasteiger partial charge on any atom is 1.00 e. The number of halogens is 1. The summed E-state index contributed by atoms with van der Waals surface area (Å²) >= 11 is 1.62. The summed E-state index contributed by atoms with van der Waals surface area (Å²) in [5.74, 6) is -0.912. The zero-order chi connectivity index (χ0) is 8.27. The van der Waals surface area contributed by atoms with Gasteiger partial charge < -0.3 is 13.0 Å². The predicted octanol–water partition coefficient (Wildman–Crippen LogP) is -2.22. The second-order valence-electron chi connectivity index (χ2n) is 1.86. The number of hydrogen-bond donors (Lipinski definition) is 0. The van der Waals surface area contributed by atoms with Crippen LogP contribution in [-0.4, -0.2) is 5.97 Å². The molecule has 0 saturated carbocycles. The van der Waals surface area contributed by atoms with Crippen molar-refractivity contribution >= 4 is 29.0 Å². The molecule has 0 amide bonds. The number of rotatable bonds is 2. The minimum Gasteiger partial charge on any atom is -0.545 e. The molecule has 5 heteroatoms. The number of para-hydroxylation sites is 1. The van der Waals surface area contributed by atoms with Gasteiger partial charge in [-0.3, -0.25) is 0 Å². The van der Waals surface area contributed by atoms with Crippen molar-refractivity contribution in [1.29, 1.82) is 0 Å². The normalized spacial score (nSPS) is 8.42. The van der Waals surface area contributed by atoms with Gasteiger partial charge in [-0.15, -0.1) is 0 Å². The Labute approximate surface area is 96.0 Å². The van der Waals surface area contributed by atoms with Crippen LogP contribution in [0.2, 0.25) is 0 Å². The van der Waals surface area contributed by atoms with Crippen molar-refractivity contribution in [3.63, 3.8) is 0 Å². The molecular formula is C7H4ILiO3. The first kappa shape index (κ1) is 11.8. The van der Waals surface area contributed by atoms with Gasteiger partial charge in [-0.2, -0.15) is 0 Å². The minimum atomic E-state index is -1.22. The molecule has 1 aromatic carbocycles. The van der Waals surface area contributed by atoms with Crippen LogP contribution in [0.25, 0.3) is 0 Å². The molecule has 0 atom stereocenters. The predicted molar refractivity (Wildman–Crippen MR) is 45.4 cm³/mol. The Bertz CT molecular complexity index is 277.